The Labute approximate surface area is 212 Å². The fourth-order valence-electron chi connectivity index (χ4n) is 4.17. The van der Waals surface area contributed by atoms with Crippen LogP contribution in [0.1, 0.15) is 22.7 Å². The van der Waals surface area contributed by atoms with Crippen LogP contribution in [-0.4, -0.2) is 38.1 Å². The van der Waals surface area contributed by atoms with Crippen LogP contribution >= 0.6 is 11.6 Å². The van der Waals surface area contributed by atoms with Crippen molar-refractivity contribution in [3.63, 3.8) is 0 Å². The largest absolute Gasteiger partial charge is 0.507 e. The van der Waals surface area contributed by atoms with Crippen molar-refractivity contribution >= 4 is 34.7 Å². The minimum absolute atomic E-state index is 0.122. The highest BCUT2D eigenvalue weighted by atomic mass is 35.5. The lowest BCUT2D eigenvalue weighted by molar-refractivity contribution is -0.132. The van der Waals surface area contributed by atoms with Gasteiger partial charge in [-0.2, -0.15) is 5.26 Å². The number of rotatable bonds is 6. The Morgan fingerprint density at radius 2 is 1.58 bits per heavy atom. The van der Waals surface area contributed by atoms with Gasteiger partial charge in [0.1, 0.15) is 23.0 Å². The van der Waals surface area contributed by atoms with E-state index in [4.69, 9.17) is 31.1 Å². The molecule has 9 heteroatoms. The summed E-state index contributed by atoms with van der Waals surface area (Å²) < 4.78 is 16.2. The van der Waals surface area contributed by atoms with E-state index in [9.17, 15) is 14.7 Å². The van der Waals surface area contributed by atoms with Crippen LogP contribution in [0.3, 0.4) is 0 Å². The number of methoxy groups -OCH3 is 3. The first-order chi connectivity index (χ1) is 17.4. The standard InChI is InChI=1S/C27H21ClN2O6/c1-34-20-7-5-4-6-17(20)24-23(25(31)18-12-22(36-3)19(28)13-21(18)35-2)26(32)27(33)30(24)16-10-8-15(14-29)9-11-16/h4-13,24,31H,1-3H3/b25-23+. The lowest BCUT2D eigenvalue weighted by atomic mass is 9.94. The van der Waals surface area contributed by atoms with E-state index in [1.807, 2.05) is 6.07 Å². The van der Waals surface area contributed by atoms with Crippen molar-refractivity contribution in [3.05, 3.63) is 87.9 Å². The van der Waals surface area contributed by atoms with Gasteiger partial charge in [0.25, 0.3) is 11.7 Å². The number of carbonyl (C=O) groups excluding carboxylic acids is 2. The summed E-state index contributed by atoms with van der Waals surface area (Å²) in [5.74, 6) is -1.38. The molecule has 1 heterocycles. The topological polar surface area (TPSA) is 109 Å². The molecule has 0 spiro atoms. The number of para-hydroxylation sites is 1. The van der Waals surface area contributed by atoms with Gasteiger partial charge in [0.2, 0.25) is 0 Å². The number of Topliss-reactive ketones (excluding diaryl/α,β-unsaturated/α-hetero) is 1. The molecule has 4 rings (SSSR count). The van der Waals surface area contributed by atoms with E-state index in [1.54, 1.807) is 48.5 Å². The van der Waals surface area contributed by atoms with Gasteiger partial charge in [-0.3, -0.25) is 14.5 Å². The van der Waals surface area contributed by atoms with Crippen molar-refractivity contribution < 1.29 is 28.9 Å². The molecule has 0 radical (unpaired) electrons. The summed E-state index contributed by atoms with van der Waals surface area (Å²) in [4.78, 5) is 28.1. The van der Waals surface area contributed by atoms with Crippen molar-refractivity contribution in [1.29, 1.82) is 5.26 Å². The number of benzene rings is 3. The molecule has 0 aliphatic carbocycles. The second kappa shape index (κ2) is 10.0. The minimum atomic E-state index is -1.04. The van der Waals surface area contributed by atoms with Gasteiger partial charge in [0.15, 0.2) is 0 Å². The summed E-state index contributed by atoms with van der Waals surface area (Å²) >= 11 is 6.22. The van der Waals surface area contributed by atoms with Gasteiger partial charge in [-0.05, 0) is 36.4 Å². The monoisotopic (exact) mass is 504 g/mol. The number of amides is 1. The van der Waals surface area contributed by atoms with Crippen LogP contribution in [0.2, 0.25) is 5.02 Å². The van der Waals surface area contributed by atoms with E-state index in [1.165, 1.54) is 38.4 Å². The number of anilines is 1. The van der Waals surface area contributed by atoms with Crippen LogP contribution in [-0.2, 0) is 9.59 Å². The molecule has 3 aromatic rings. The third-order valence-corrected chi connectivity index (χ3v) is 6.18. The van der Waals surface area contributed by atoms with Gasteiger partial charge in [-0.15, -0.1) is 0 Å². The molecule has 0 bridgehead atoms. The maximum absolute atomic E-state index is 13.4. The zero-order chi connectivity index (χ0) is 26.0. The first-order valence-corrected chi connectivity index (χ1v) is 11.1. The molecule has 1 atom stereocenters. The fraction of sp³-hybridized carbons (Fsp3) is 0.148. The Hall–Kier alpha value is -4.48. The molecule has 8 nitrogen and oxygen atoms in total. The van der Waals surface area contributed by atoms with Crippen LogP contribution in [0.15, 0.2) is 66.2 Å². The van der Waals surface area contributed by atoms with Gasteiger partial charge < -0.3 is 19.3 Å². The molecule has 1 aliphatic rings. The number of hydrogen-bond acceptors (Lipinski definition) is 7. The zero-order valence-electron chi connectivity index (χ0n) is 19.6. The molecule has 1 aliphatic heterocycles. The predicted molar refractivity (Wildman–Crippen MR) is 133 cm³/mol. The fourth-order valence-corrected chi connectivity index (χ4v) is 4.40. The van der Waals surface area contributed by atoms with Crippen LogP contribution in [0.25, 0.3) is 5.76 Å². The van der Waals surface area contributed by atoms with Gasteiger partial charge >= 0.3 is 0 Å². The maximum Gasteiger partial charge on any atom is 0.300 e. The maximum atomic E-state index is 13.4. The van der Waals surface area contributed by atoms with Crippen molar-refractivity contribution in [2.45, 2.75) is 6.04 Å². The highest BCUT2D eigenvalue weighted by Gasteiger charge is 2.48. The number of aliphatic hydroxyl groups is 1. The number of hydrogen-bond donors (Lipinski definition) is 1. The molecule has 36 heavy (non-hydrogen) atoms. The number of nitriles is 1. The van der Waals surface area contributed by atoms with E-state index in [0.717, 1.165) is 0 Å². The number of halogens is 1. The molecule has 182 valence electrons. The lowest BCUT2D eigenvalue weighted by Gasteiger charge is -2.26. The molecule has 1 N–H and O–H groups in total. The summed E-state index contributed by atoms with van der Waals surface area (Å²) in [5, 5.41) is 20.9. The SMILES string of the molecule is COc1cc(/C(O)=C2\C(=O)C(=O)N(c3ccc(C#N)cc3)C2c2ccccc2OC)c(OC)cc1Cl. The van der Waals surface area contributed by atoms with Crippen molar-refractivity contribution in [1.82, 2.24) is 0 Å². The average Bonchev–Trinajstić information content (AvgIpc) is 3.17. The highest BCUT2D eigenvalue weighted by molar-refractivity contribution is 6.51. The number of carbonyl (C=O) groups is 2. The third-order valence-electron chi connectivity index (χ3n) is 5.88. The third kappa shape index (κ3) is 4.10. The summed E-state index contributed by atoms with van der Waals surface area (Å²) in [7, 11) is 4.28. The molecule has 0 saturated carbocycles. The Morgan fingerprint density at radius 1 is 0.944 bits per heavy atom. The van der Waals surface area contributed by atoms with E-state index in [2.05, 4.69) is 0 Å². The Kier molecular flexibility index (Phi) is 6.86. The van der Waals surface area contributed by atoms with Crippen LogP contribution in [0.5, 0.6) is 17.2 Å². The summed E-state index contributed by atoms with van der Waals surface area (Å²) in [5.41, 5.74) is 1.19. The van der Waals surface area contributed by atoms with Crippen LogP contribution in [0.4, 0.5) is 5.69 Å². The zero-order valence-corrected chi connectivity index (χ0v) is 20.4. The quantitative estimate of drug-likeness (QED) is 0.290. The smallest absolute Gasteiger partial charge is 0.300 e. The van der Waals surface area contributed by atoms with E-state index < -0.39 is 23.5 Å². The number of nitrogens with zero attached hydrogens (tertiary/aromatic N) is 2. The first-order valence-electron chi connectivity index (χ1n) is 10.7. The Balaban J connectivity index is 2.02. The highest BCUT2D eigenvalue weighted by Crippen LogP contribution is 2.46. The molecule has 1 saturated heterocycles. The molecule has 1 fully saturated rings. The van der Waals surface area contributed by atoms with Gasteiger partial charge in [0.05, 0.1) is 55.2 Å². The first kappa shape index (κ1) is 24.6. The molecule has 3 aromatic carbocycles. The molecule has 1 unspecified atom stereocenters. The molecule has 0 aromatic heterocycles. The van der Waals surface area contributed by atoms with Gasteiger partial charge in [-0.1, -0.05) is 29.8 Å². The summed E-state index contributed by atoms with van der Waals surface area (Å²) in [6.07, 6.45) is 0. The Morgan fingerprint density at radius 3 is 2.19 bits per heavy atom. The van der Waals surface area contributed by atoms with E-state index in [-0.39, 0.29) is 27.7 Å². The van der Waals surface area contributed by atoms with Crippen molar-refractivity contribution in [2.24, 2.45) is 0 Å². The second-order valence-corrected chi connectivity index (χ2v) is 8.16. The summed E-state index contributed by atoms with van der Waals surface area (Å²) in [6, 6.07) is 17.0. The molecular formula is C27H21ClN2O6. The number of ether oxygens (including phenoxy) is 3. The second-order valence-electron chi connectivity index (χ2n) is 7.76. The number of aliphatic hydroxyl groups excluding tert-OH is 1. The van der Waals surface area contributed by atoms with Crippen LogP contribution in [0, 0.1) is 11.3 Å². The van der Waals surface area contributed by atoms with Gasteiger partial charge in [-0.25, -0.2) is 0 Å². The van der Waals surface area contributed by atoms with Crippen molar-refractivity contribution in [2.75, 3.05) is 26.2 Å². The Bertz CT molecular complexity index is 1430. The van der Waals surface area contributed by atoms with Crippen LogP contribution < -0.4 is 19.1 Å². The average molecular weight is 505 g/mol. The minimum Gasteiger partial charge on any atom is -0.507 e. The molecular weight excluding hydrogens is 484 g/mol. The predicted octanol–water partition coefficient (Wildman–Crippen LogP) is 4.86. The summed E-state index contributed by atoms with van der Waals surface area (Å²) in [6.45, 7) is 0. The van der Waals surface area contributed by atoms with E-state index >= 15 is 0 Å². The number of ketones is 1. The van der Waals surface area contributed by atoms with Gasteiger partial charge in [0, 0.05) is 17.3 Å². The molecule has 1 amide bonds. The van der Waals surface area contributed by atoms with Crippen molar-refractivity contribution in [3.8, 4) is 23.3 Å². The van der Waals surface area contributed by atoms with E-state index in [0.29, 0.717) is 22.6 Å². The normalized spacial score (nSPS) is 16.5. The lowest BCUT2D eigenvalue weighted by Crippen LogP contribution is -2.29.